The van der Waals surface area contributed by atoms with E-state index in [9.17, 15) is 10.1 Å². The number of nitrogens with one attached hydrogen (secondary N) is 1. The van der Waals surface area contributed by atoms with Crippen molar-refractivity contribution < 1.29 is 4.92 Å². The molecule has 0 aromatic carbocycles. The van der Waals surface area contributed by atoms with Crippen LogP contribution in [-0.2, 0) is 0 Å². The number of nitro groups is 1. The van der Waals surface area contributed by atoms with Crippen LogP contribution in [0.25, 0.3) is 0 Å². The van der Waals surface area contributed by atoms with Crippen molar-refractivity contribution in [3.05, 3.63) is 40.0 Å². The van der Waals surface area contributed by atoms with Gasteiger partial charge in [-0.15, -0.1) is 11.3 Å². The van der Waals surface area contributed by atoms with Crippen molar-refractivity contribution in [2.45, 2.75) is 0 Å². The maximum Gasteiger partial charge on any atom is 0.274 e. The first-order valence-corrected chi connectivity index (χ1v) is 4.90. The van der Waals surface area contributed by atoms with Crippen molar-refractivity contribution in [2.75, 3.05) is 5.32 Å². The van der Waals surface area contributed by atoms with Gasteiger partial charge in [0.1, 0.15) is 5.82 Å². The molecule has 2 rings (SSSR count). The van der Waals surface area contributed by atoms with Crippen molar-refractivity contribution in [1.82, 2.24) is 9.97 Å². The van der Waals surface area contributed by atoms with Crippen LogP contribution in [0.15, 0.2) is 29.9 Å². The zero-order chi connectivity index (χ0) is 10.7. The molecule has 0 amide bonds. The molecule has 1 N–H and O–H groups in total. The van der Waals surface area contributed by atoms with E-state index in [4.69, 9.17) is 0 Å². The summed E-state index contributed by atoms with van der Waals surface area (Å²) in [5.41, 5.74) is 0.00376. The SMILES string of the molecule is O=[N+]([O-])c1ccnc(Nc2nccs2)c1. The fourth-order valence-corrected chi connectivity index (χ4v) is 1.53. The topological polar surface area (TPSA) is 81.0 Å². The highest BCUT2D eigenvalue weighted by molar-refractivity contribution is 7.13. The van der Waals surface area contributed by atoms with Crippen molar-refractivity contribution in [3.63, 3.8) is 0 Å². The third kappa shape index (κ3) is 2.26. The van der Waals surface area contributed by atoms with Gasteiger partial charge in [0.15, 0.2) is 5.13 Å². The molecule has 0 aliphatic heterocycles. The summed E-state index contributed by atoms with van der Waals surface area (Å²) < 4.78 is 0. The largest absolute Gasteiger partial charge is 0.316 e. The lowest BCUT2D eigenvalue weighted by atomic mass is 10.4. The van der Waals surface area contributed by atoms with E-state index in [1.165, 1.54) is 29.7 Å². The highest BCUT2D eigenvalue weighted by atomic mass is 32.1. The van der Waals surface area contributed by atoms with Gasteiger partial charge >= 0.3 is 0 Å². The van der Waals surface area contributed by atoms with E-state index >= 15 is 0 Å². The molecule has 6 nitrogen and oxygen atoms in total. The van der Waals surface area contributed by atoms with Gasteiger partial charge in [0.25, 0.3) is 5.69 Å². The predicted octanol–water partition coefficient (Wildman–Crippen LogP) is 2.19. The van der Waals surface area contributed by atoms with Gasteiger partial charge in [-0.05, 0) is 0 Å². The molecule has 2 heterocycles. The lowest BCUT2D eigenvalue weighted by Gasteiger charge is -1.99. The molecule has 0 bridgehead atoms. The van der Waals surface area contributed by atoms with E-state index < -0.39 is 4.92 Å². The van der Waals surface area contributed by atoms with Gasteiger partial charge in [0.05, 0.1) is 11.0 Å². The summed E-state index contributed by atoms with van der Waals surface area (Å²) in [5, 5.41) is 15.8. The fraction of sp³-hybridized carbons (Fsp3) is 0. The van der Waals surface area contributed by atoms with Crippen LogP contribution in [0, 0.1) is 10.1 Å². The van der Waals surface area contributed by atoms with Crippen LogP contribution < -0.4 is 5.32 Å². The predicted molar refractivity (Wildman–Crippen MR) is 56.3 cm³/mol. The van der Waals surface area contributed by atoms with Gasteiger partial charge in [-0.25, -0.2) is 9.97 Å². The van der Waals surface area contributed by atoms with Crippen molar-refractivity contribution in [1.29, 1.82) is 0 Å². The Balaban J connectivity index is 2.22. The van der Waals surface area contributed by atoms with Gasteiger partial charge in [-0.2, -0.15) is 0 Å². The number of rotatable bonds is 3. The molecule has 76 valence electrons. The lowest BCUT2D eigenvalue weighted by Crippen LogP contribution is -1.94. The van der Waals surface area contributed by atoms with Gasteiger partial charge < -0.3 is 5.32 Å². The highest BCUT2D eigenvalue weighted by Gasteiger charge is 2.07. The van der Waals surface area contributed by atoms with Crippen LogP contribution >= 0.6 is 11.3 Å². The Morgan fingerprint density at radius 2 is 2.27 bits per heavy atom. The second kappa shape index (κ2) is 4.01. The number of anilines is 2. The molecule has 0 spiro atoms. The number of aromatic nitrogens is 2. The molecule has 0 fully saturated rings. The minimum absolute atomic E-state index is 0.00376. The molecule has 2 aromatic heterocycles. The van der Waals surface area contributed by atoms with Crippen LogP contribution in [0.3, 0.4) is 0 Å². The van der Waals surface area contributed by atoms with Crippen LogP contribution in [0.4, 0.5) is 16.6 Å². The number of thiazole rings is 1. The Bertz CT molecular complexity index is 471. The molecule has 0 unspecified atom stereocenters. The molecule has 0 atom stereocenters. The third-order valence-corrected chi connectivity index (χ3v) is 2.31. The van der Waals surface area contributed by atoms with E-state index in [1.54, 1.807) is 11.6 Å². The van der Waals surface area contributed by atoms with Crippen LogP contribution in [0.1, 0.15) is 0 Å². The third-order valence-electron chi connectivity index (χ3n) is 1.62. The second-order valence-electron chi connectivity index (χ2n) is 2.62. The Labute approximate surface area is 88.8 Å². The van der Waals surface area contributed by atoms with E-state index in [1.807, 2.05) is 0 Å². The van der Waals surface area contributed by atoms with Crippen LogP contribution in [0.2, 0.25) is 0 Å². The smallest absolute Gasteiger partial charge is 0.274 e. The molecule has 2 aromatic rings. The summed E-state index contributed by atoms with van der Waals surface area (Å²) in [6.07, 6.45) is 3.03. The summed E-state index contributed by atoms with van der Waals surface area (Å²) in [5.74, 6) is 0.416. The number of hydrogen-bond acceptors (Lipinski definition) is 6. The summed E-state index contributed by atoms with van der Waals surface area (Å²) in [6, 6.07) is 2.70. The summed E-state index contributed by atoms with van der Waals surface area (Å²) in [4.78, 5) is 18.0. The number of hydrogen-bond donors (Lipinski definition) is 1. The molecule has 7 heteroatoms. The second-order valence-corrected chi connectivity index (χ2v) is 3.51. The number of nitrogens with zero attached hydrogens (tertiary/aromatic N) is 3. The first kappa shape index (κ1) is 9.53. The van der Waals surface area contributed by atoms with E-state index in [0.717, 1.165) is 0 Å². The van der Waals surface area contributed by atoms with Crippen molar-refractivity contribution in [2.24, 2.45) is 0 Å². The molecular formula is C8H6N4O2S. The maximum absolute atomic E-state index is 10.5. The molecule has 0 saturated carbocycles. The Kier molecular flexibility index (Phi) is 2.55. The zero-order valence-corrected chi connectivity index (χ0v) is 8.27. The Morgan fingerprint density at radius 3 is 2.93 bits per heavy atom. The molecule has 0 saturated heterocycles. The van der Waals surface area contributed by atoms with Crippen molar-refractivity contribution >= 4 is 28.0 Å². The quantitative estimate of drug-likeness (QED) is 0.635. The minimum atomic E-state index is -0.464. The summed E-state index contributed by atoms with van der Waals surface area (Å²) in [6.45, 7) is 0. The maximum atomic E-state index is 10.5. The fourth-order valence-electron chi connectivity index (χ4n) is 0.996. The van der Waals surface area contributed by atoms with E-state index in [-0.39, 0.29) is 5.69 Å². The first-order valence-electron chi connectivity index (χ1n) is 4.02. The molecule has 0 aliphatic carbocycles. The Hall–Kier alpha value is -2.02. The number of pyridine rings is 1. The van der Waals surface area contributed by atoms with E-state index in [0.29, 0.717) is 10.9 Å². The van der Waals surface area contributed by atoms with Gasteiger partial charge in [0, 0.05) is 23.8 Å². The average Bonchev–Trinajstić information content (AvgIpc) is 2.71. The molecular weight excluding hydrogens is 216 g/mol. The molecule has 0 aliphatic rings. The van der Waals surface area contributed by atoms with Crippen LogP contribution in [0.5, 0.6) is 0 Å². The van der Waals surface area contributed by atoms with Gasteiger partial charge in [-0.1, -0.05) is 0 Å². The minimum Gasteiger partial charge on any atom is -0.316 e. The van der Waals surface area contributed by atoms with Gasteiger partial charge in [0.2, 0.25) is 0 Å². The van der Waals surface area contributed by atoms with Crippen LogP contribution in [-0.4, -0.2) is 14.9 Å². The van der Waals surface area contributed by atoms with E-state index in [2.05, 4.69) is 15.3 Å². The highest BCUT2D eigenvalue weighted by Crippen LogP contribution is 2.19. The first-order chi connectivity index (χ1) is 7.25. The van der Waals surface area contributed by atoms with Crippen molar-refractivity contribution in [3.8, 4) is 0 Å². The summed E-state index contributed by atoms with van der Waals surface area (Å²) in [7, 11) is 0. The zero-order valence-electron chi connectivity index (χ0n) is 7.45. The monoisotopic (exact) mass is 222 g/mol. The average molecular weight is 222 g/mol. The Morgan fingerprint density at radius 1 is 1.40 bits per heavy atom. The van der Waals surface area contributed by atoms with Gasteiger partial charge in [-0.3, -0.25) is 10.1 Å². The standard InChI is InChI=1S/C8H6N4O2S/c13-12(14)6-1-2-9-7(5-6)11-8-10-3-4-15-8/h1-5H,(H,9,10,11). The summed E-state index contributed by atoms with van der Waals surface area (Å²) >= 11 is 1.40. The molecule has 15 heavy (non-hydrogen) atoms. The normalized spacial score (nSPS) is 9.87. The lowest BCUT2D eigenvalue weighted by molar-refractivity contribution is -0.384. The molecule has 0 radical (unpaired) electrons.